The van der Waals surface area contributed by atoms with Crippen molar-refractivity contribution >= 4 is 6.03 Å². The lowest BCUT2D eigenvalue weighted by Gasteiger charge is -2.23. The number of aryl methyl sites for hydroxylation is 1. The number of benzene rings is 1. The van der Waals surface area contributed by atoms with E-state index in [9.17, 15) is 4.79 Å². The van der Waals surface area contributed by atoms with Gasteiger partial charge >= 0.3 is 6.03 Å². The molecule has 2 amide bonds. The maximum atomic E-state index is 12.5. The van der Waals surface area contributed by atoms with E-state index in [2.05, 4.69) is 10.4 Å². The molecule has 1 aliphatic heterocycles. The third-order valence-electron chi connectivity index (χ3n) is 4.05. The number of hydrogen-bond acceptors (Lipinski definition) is 5. The number of nitrogens with zero attached hydrogens (tertiary/aromatic N) is 3. The first-order chi connectivity index (χ1) is 12.1. The number of urea groups is 1. The number of hydrogen-bond donors (Lipinski definition) is 1. The molecule has 8 heteroatoms. The third kappa shape index (κ3) is 3.85. The molecule has 0 saturated heterocycles. The first-order valence-corrected chi connectivity index (χ1v) is 7.95. The van der Waals surface area contributed by atoms with Gasteiger partial charge in [0.25, 0.3) is 0 Å². The number of rotatable bonds is 6. The summed E-state index contributed by atoms with van der Waals surface area (Å²) in [5, 5.41) is 7.12. The molecule has 1 aromatic heterocycles. The molecule has 8 nitrogen and oxygen atoms in total. The maximum Gasteiger partial charge on any atom is 0.318 e. The van der Waals surface area contributed by atoms with E-state index in [0.29, 0.717) is 18.9 Å². The van der Waals surface area contributed by atoms with Crippen molar-refractivity contribution in [3.63, 3.8) is 0 Å². The van der Waals surface area contributed by atoms with Gasteiger partial charge in [0.2, 0.25) is 6.79 Å². The van der Waals surface area contributed by atoms with E-state index in [-0.39, 0.29) is 18.9 Å². The average molecular weight is 346 g/mol. The lowest BCUT2D eigenvalue weighted by molar-refractivity contribution is 0.154. The second-order valence-electron chi connectivity index (χ2n) is 5.88. The molecule has 2 aromatic rings. The highest BCUT2D eigenvalue weighted by atomic mass is 16.7. The smallest absolute Gasteiger partial charge is 0.318 e. The molecule has 1 aromatic carbocycles. The highest BCUT2D eigenvalue weighted by Crippen LogP contribution is 2.32. The Hall–Kier alpha value is -2.74. The van der Waals surface area contributed by atoms with Crippen LogP contribution in [0.5, 0.6) is 11.5 Å². The Balaban J connectivity index is 1.64. The summed E-state index contributed by atoms with van der Waals surface area (Å²) in [6.07, 6.45) is 1.69. The van der Waals surface area contributed by atoms with Crippen molar-refractivity contribution < 1.29 is 19.0 Å². The first-order valence-electron chi connectivity index (χ1n) is 7.95. The first kappa shape index (κ1) is 17.1. The normalized spacial score (nSPS) is 13.6. The second kappa shape index (κ2) is 7.43. The lowest BCUT2D eigenvalue weighted by atomic mass is 10.2. The Kier molecular flexibility index (Phi) is 5.08. The van der Waals surface area contributed by atoms with Gasteiger partial charge in [0.05, 0.1) is 18.3 Å². The van der Waals surface area contributed by atoms with Gasteiger partial charge in [-0.25, -0.2) is 4.79 Å². The Morgan fingerprint density at radius 3 is 2.92 bits per heavy atom. The molecule has 2 heterocycles. The third-order valence-corrected chi connectivity index (χ3v) is 4.05. The molecule has 1 atom stereocenters. The number of fused-ring (bicyclic) bond motifs is 1. The van der Waals surface area contributed by atoms with Gasteiger partial charge in [0.15, 0.2) is 11.5 Å². The number of carbonyl (C=O) groups is 1. The van der Waals surface area contributed by atoms with Crippen LogP contribution >= 0.6 is 0 Å². The topological polar surface area (TPSA) is 77.8 Å². The standard InChI is InChI=1S/C17H22N4O4/c1-20(9-12-4-5-15-16(8-12)25-11-24-15)17(22)19-13(10-23-3)14-6-7-18-21(14)2/h4-8,13H,9-11H2,1-3H3,(H,19,22)/t13-/m0/s1. The van der Waals surface area contributed by atoms with Crippen molar-refractivity contribution in [3.05, 3.63) is 41.7 Å². The van der Waals surface area contributed by atoms with Crippen molar-refractivity contribution in [2.75, 3.05) is 27.6 Å². The fraction of sp³-hybridized carbons (Fsp3) is 0.412. The Morgan fingerprint density at radius 1 is 1.40 bits per heavy atom. The van der Waals surface area contributed by atoms with Crippen LogP contribution in [0, 0.1) is 0 Å². The Morgan fingerprint density at radius 2 is 2.20 bits per heavy atom. The lowest BCUT2D eigenvalue weighted by Crippen LogP contribution is -2.41. The fourth-order valence-electron chi connectivity index (χ4n) is 2.74. The predicted molar refractivity (Wildman–Crippen MR) is 90.4 cm³/mol. The zero-order chi connectivity index (χ0) is 17.8. The SMILES string of the molecule is COC[C@H](NC(=O)N(C)Cc1ccc2c(c1)OCO2)c1ccnn1C. The summed E-state index contributed by atoms with van der Waals surface area (Å²) in [4.78, 5) is 14.2. The summed E-state index contributed by atoms with van der Waals surface area (Å²) in [7, 11) is 5.18. The molecule has 0 saturated carbocycles. The van der Waals surface area contributed by atoms with E-state index in [1.165, 1.54) is 0 Å². The van der Waals surface area contributed by atoms with Gasteiger partial charge in [-0.05, 0) is 23.8 Å². The number of nitrogens with one attached hydrogen (secondary N) is 1. The molecule has 134 valence electrons. The summed E-state index contributed by atoms with van der Waals surface area (Å²) in [6.45, 7) is 1.05. The highest BCUT2D eigenvalue weighted by molar-refractivity contribution is 5.74. The molecule has 0 spiro atoms. The quantitative estimate of drug-likeness (QED) is 0.861. The van der Waals surface area contributed by atoms with Crippen molar-refractivity contribution in [2.45, 2.75) is 12.6 Å². The largest absolute Gasteiger partial charge is 0.454 e. The van der Waals surface area contributed by atoms with Crippen LogP contribution in [-0.4, -0.2) is 48.3 Å². The van der Waals surface area contributed by atoms with Gasteiger partial charge in [-0.2, -0.15) is 5.10 Å². The van der Waals surface area contributed by atoms with Crippen molar-refractivity contribution in [3.8, 4) is 11.5 Å². The average Bonchev–Trinajstić information content (AvgIpc) is 3.22. The molecule has 0 bridgehead atoms. The van der Waals surface area contributed by atoms with E-state index in [1.807, 2.05) is 31.3 Å². The van der Waals surface area contributed by atoms with E-state index in [1.54, 1.807) is 29.9 Å². The molecular formula is C17H22N4O4. The number of ether oxygens (including phenoxy) is 3. The minimum absolute atomic E-state index is 0.194. The number of carbonyl (C=O) groups excluding carboxylic acids is 1. The van der Waals surface area contributed by atoms with E-state index >= 15 is 0 Å². The van der Waals surface area contributed by atoms with E-state index in [0.717, 1.165) is 17.0 Å². The van der Waals surface area contributed by atoms with E-state index in [4.69, 9.17) is 14.2 Å². The van der Waals surface area contributed by atoms with Crippen molar-refractivity contribution in [1.29, 1.82) is 0 Å². The molecular weight excluding hydrogens is 324 g/mol. The molecule has 0 aliphatic carbocycles. The Bertz CT molecular complexity index is 746. The van der Waals surface area contributed by atoms with Crippen LogP contribution in [0.4, 0.5) is 4.79 Å². The minimum atomic E-state index is -0.274. The number of methoxy groups -OCH3 is 1. The summed E-state index contributed by atoms with van der Waals surface area (Å²) in [5.74, 6) is 1.44. The summed E-state index contributed by atoms with van der Waals surface area (Å²) >= 11 is 0. The molecule has 1 N–H and O–H groups in total. The second-order valence-corrected chi connectivity index (χ2v) is 5.88. The monoisotopic (exact) mass is 346 g/mol. The molecule has 1 aliphatic rings. The maximum absolute atomic E-state index is 12.5. The zero-order valence-corrected chi connectivity index (χ0v) is 14.6. The van der Waals surface area contributed by atoms with Crippen LogP contribution in [-0.2, 0) is 18.3 Å². The molecule has 0 unspecified atom stereocenters. The molecule has 0 radical (unpaired) electrons. The molecule has 0 fully saturated rings. The molecule has 25 heavy (non-hydrogen) atoms. The van der Waals surface area contributed by atoms with Crippen LogP contribution < -0.4 is 14.8 Å². The summed E-state index contributed by atoms with van der Waals surface area (Å²) in [6, 6.07) is 7.06. The highest BCUT2D eigenvalue weighted by Gasteiger charge is 2.20. The number of aromatic nitrogens is 2. The Labute approximate surface area is 146 Å². The van der Waals surface area contributed by atoms with Gasteiger partial charge in [-0.3, -0.25) is 4.68 Å². The zero-order valence-electron chi connectivity index (χ0n) is 14.6. The van der Waals surface area contributed by atoms with Crippen molar-refractivity contribution in [2.24, 2.45) is 7.05 Å². The summed E-state index contributed by atoms with van der Waals surface area (Å²) < 4.78 is 17.6. The fourth-order valence-corrected chi connectivity index (χ4v) is 2.74. The van der Waals surface area contributed by atoms with Crippen LogP contribution in [0.2, 0.25) is 0 Å². The van der Waals surface area contributed by atoms with Gasteiger partial charge < -0.3 is 24.4 Å². The van der Waals surface area contributed by atoms with Gasteiger partial charge in [-0.1, -0.05) is 6.07 Å². The number of amides is 2. The van der Waals surface area contributed by atoms with Gasteiger partial charge in [-0.15, -0.1) is 0 Å². The minimum Gasteiger partial charge on any atom is -0.454 e. The van der Waals surface area contributed by atoms with Crippen LogP contribution in [0.15, 0.2) is 30.5 Å². The van der Waals surface area contributed by atoms with Crippen LogP contribution in [0.25, 0.3) is 0 Å². The van der Waals surface area contributed by atoms with Gasteiger partial charge in [0, 0.05) is 33.9 Å². The van der Waals surface area contributed by atoms with Crippen LogP contribution in [0.1, 0.15) is 17.3 Å². The van der Waals surface area contributed by atoms with E-state index < -0.39 is 0 Å². The van der Waals surface area contributed by atoms with Crippen LogP contribution in [0.3, 0.4) is 0 Å². The molecule has 3 rings (SSSR count). The van der Waals surface area contributed by atoms with Crippen molar-refractivity contribution in [1.82, 2.24) is 20.0 Å². The summed E-state index contributed by atoms with van der Waals surface area (Å²) in [5.41, 5.74) is 1.84. The predicted octanol–water partition coefficient (Wildman–Crippen LogP) is 1.68. The van der Waals surface area contributed by atoms with Gasteiger partial charge in [0.1, 0.15) is 0 Å².